The molecule has 1 aromatic carbocycles. The third kappa shape index (κ3) is 4.86. The standard InChI is InChI=1S/C18H18BrN5OS/c1-10-6-13(19)4-5-15(10)23-16(25)8-14-9-26-18(22-14)24-17-20-11(2)7-12(3)21-17/h4-7,9H,8H2,1-3H3,(H,23,25)(H,20,21,22,24). The van der Waals surface area contributed by atoms with Crippen LogP contribution in [0.3, 0.4) is 0 Å². The Labute approximate surface area is 164 Å². The number of aryl methyl sites for hydroxylation is 3. The molecule has 0 fully saturated rings. The van der Waals surface area contributed by atoms with Gasteiger partial charge in [-0.25, -0.2) is 15.0 Å². The number of benzene rings is 1. The third-order valence-corrected chi connectivity index (χ3v) is 4.86. The Morgan fingerprint density at radius 3 is 2.54 bits per heavy atom. The van der Waals surface area contributed by atoms with Crippen molar-refractivity contribution in [2.75, 3.05) is 10.6 Å². The van der Waals surface area contributed by atoms with Gasteiger partial charge in [-0.3, -0.25) is 4.79 Å². The summed E-state index contributed by atoms with van der Waals surface area (Å²) >= 11 is 4.84. The number of nitrogens with zero attached hydrogens (tertiary/aromatic N) is 3. The van der Waals surface area contributed by atoms with Crippen molar-refractivity contribution < 1.29 is 4.79 Å². The maximum absolute atomic E-state index is 12.3. The van der Waals surface area contributed by atoms with E-state index in [9.17, 15) is 4.79 Å². The van der Waals surface area contributed by atoms with Crippen molar-refractivity contribution in [2.45, 2.75) is 27.2 Å². The number of amides is 1. The van der Waals surface area contributed by atoms with Crippen molar-refractivity contribution in [1.82, 2.24) is 15.0 Å². The number of rotatable bonds is 5. The lowest BCUT2D eigenvalue weighted by atomic mass is 10.2. The Kier molecular flexibility index (Phi) is 5.63. The van der Waals surface area contributed by atoms with E-state index >= 15 is 0 Å². The van der Waals surface area contributed by atoms with Crippen molar-refractivity contribution in [3.05, 3.63) is 56.8 Å². The topological polar surface area (TPSA) is 79.8 Å². The molecule has 0 spiro atoms. The zero-order chi connectivity index (χ0) is 18.7. The van der Waals surface area contributed by atoms with Crippen molar-refractivity contribution in [3.8, 4) is 0 Å². The molecule has 26 heavy (non-hydrogen) atoms. The van der Waals surface area contributed by atoms with Crippen LogP contribution in [-0.4, -0.2) is 20.9 Å². The molecule has 134 valence electrons. The minimum absolute atomic E-state index is 0.102. The van der Waals surface area contributed by atoms with Gasteiger partial charge < -0.3 is 10.6 Å². The van der Waals surface area contributed by atoms with Crippen LogP contribution >= 0.6 is 27.3 Å². The van der Waals surface area contributed by atoms with Gasteiger partial charge in [0, 0.05) is 26.9 Å². The normalized spacial score (nSPS) is 10.6. The molecule has 0 unspecified atom stereocenters. The van der Waals surface area contributed by atoms with Gasteiger partial charge in [-0.15, -0.1) is 11.3 Å². The van der Waals surface area contributed by atoms with Gasteiger partial charge in [-0.05, 0) is 50.6 Å². The highest BCUT2D eigenvalue weighted by Crippen LogP contribution is 2.22. The Balaban J connectivity index is 1.63. The first-order valence-corrected chi connectivity index (χ1v) is 9.66. The van der Waals surface area contributed by atoms with Gasteiger partial charge in [-0.1, -0.05) is 15.9 Å². The molecule has 0 bridgehead atoms. The van der Waals surface area contributed by atoms with Crippen LogP contribution in [0.5, 0.6) is 0 Å². The van der Waals surface area contributed by atoms with Crippen LogP contribution in [-0.2, 0) is 11.2 Å². The van der Waals surface area contributed by atoms with Crippen LogP contribution in [0.15, 0.2) is 34.1 Å². The minimum Gasteiger partial charge on any atom is -0.326 e. The third-order valence-electron chi connectivity index (χ3n) is 3.56. The molecule has 6 nitrogen and oxygen atoms in total. The molecule has 2 aromatic heterocycles. The number of carbonyl (C=O) groups excluding carboxylic acids is 1. The molecule has 2 heterocycles. The van der Waals surface area contributed by atoms with E-state index in [4.69, 9.17) is 0 Å². The van der Waals surface area contributed by atoms with E-state index in [1.165, 1.54) is 11.3 Å². The molecule has 0 saturated carbocycles. The van der Waals surface area contributed by atoms with Gasteiger partial charge in [0.1, 0.15) is 0 Å². The number of nitrogens with one attached hydrogen (secondary N) is 2. The van der Waals surface area contributed by atoms with Crippen LogP contribution in [0.2, 0.25) is 0 Å². The molecule has 3 aromatic rings. The second-order valence-electron chi connectivity index (χ2n) is 5.93. The monoisotopic (exact) mass is 431 g/mol. The Hall–Kier alpha value is -2.32. The second-order valence-corrected chi connectivity index (χ2v) is 7.70. The summed E-state index contributed by atoms with van der Waals surface area (Å²) in [6.45, 7) is 5.79. The van der Waals surface area contributed by atoms with Gasteiger partial charge in [-0.2, -0.15) is 0 Å². The molecular weight excluding hydrogens is 414 g/mol. The lowest BCUT2D eigenvalue weighted by molar-refractivity contribution is -0.115. The first-order valence-electron chi connectivity index (χ1n) is 7.99. The van der Waals surface area contributed by atoms with E-state index in [0.29, 0.717) is 16.8 Å². The summed E-state index contributed by atoms with van der Waals surface area (Å²) in [5.74, 6) is 0.410. The molecule has 0 aliphatic rings. The van der Waals surface area contributed by atoms with Crippen LogP contribution in [0, 0.1) is 20.8 Å². The van der Waals surface area contributed by atoms with Crippen LogP contribution in [0.1, 0.15) is 22.6 Å². The van der Waals surface area contributed by atoms with Gasteiger partial charge in [0.25, 0.3) is 0 Å². The highest BCUT2D eigenvalue weighted by molar-refractivity contribution is 9.10. The second kappa shape index (κ2) is 7.92. The summed E-state index contributed by atoms with van der Waals surface area (Å²) in [6.07, 6.45) is 0.210. The highest BCUT2D eigenvalue weighted by Gasteiger charge is 2.10. The van der Waals surface area contributed by atoms with Crippen molar-refractivity contribution >= 4 is 49.9 Å². The Morgan fingerprint density at radius 2 is 1.85 bits per heavy atom. The van der Waals surface area contributed by atoms with Crippen molar-refractivity contribution in [1.29, 1.82) is 0 Å². The van der Waals surface area contributed by atoms with Crippen LogP contribution in [0.25, 0.3) is 0 Å². The zero-order valence-electron chi connectivity index (χ0n) is 14.6. The molecule has 8 heteroatoms. The van der Waals surface area contributed by atoms with E-state index in [0.717, 1.165) is 27.1 Å². The summed E-state index contributed by atoms with van der Waals surface area (Å²) in [6, 6.07) is 7.65. The fourth-order valence-corrected chi connectivity index (χ4v) is 3.63. The van der Waals surface area contributed by atoms with Crippen LogP contribution < -0.4 is 10.6 Å². The molecular formula is C18H18BrN5OS. The highest BCUT2D eigenvalue weighted by atomic mass is 79.9. The summed E-state index contributed by atoms with van der Waals surface area (Å²) in [7, 11) is 0. The predicted molar refractivity (Wildman–Crippen MR) is 108 cm³/mol. The summed E-state index contributed by atoms with van der Waals surface area (Å²) in [5, 5.41) is 8.54. The molecule has 0 aliphatic carbocycles. The maximum atomic E-state index is 12.3. The lowest BCUT2D eigenvalue weighted by Gasteiger charge is -2.08. The zero-order valence-corrected chi connectivity index (χ0v) is 17.0. The Morgan fingerprint density at radius 1 is 1.12 bits per heavy atom. The number of aromatic nitrogens is 3. The lowest BCUT2D eigenvalue weighted by Crippen LogP contribution is -2.15. The van der Waals surface area contributed by atoms with E-state index in [2.05, 4.69) is 41.5 Å². The minimum atomic E-state index is -0.102. The smallest absolute Gasteiger partial charge is 0.230 e. The van der Waals surface area contributed by atoms with E-state index < -0.39 is 0 Å². The average molecular weight is 432 g/mol. The molecule has 3 rings (SSSR count). The summed E-state index contributed by atoms with van der Waals surface area (Å²) in [4.78, 5) is 25.4. The van der Waals surface area contributed by atoms with Crippen molar-refractivity contribution in [3.63, 3.8) is 0 Å². The quantitative estimate of drug-likeness (QED) is 0.619. The summed E-state index contributed by atoms with van der Waals surface area (Å²) in [5.41, 5.74) is 4.28. The first-order chi connectivity index (χ1) is 12.4. The fourth-order valence-electron chi connectivity index (χ4n) is 2.45. The molecule has 0 saturated heterocycles. The number of anilines is 3. The van der Waals surface area contributed by atoms with E-state index in [1.54, 1.807) is 0 Å². The summed E-state index contributed by atoms with van der Waals surface area (Å²) < 4.78 is 0.983. The number of halogens is 1. The van der Waals surface area contributed by atoms with Gasteiger partial charge >= 0.3 is 0 Å². The van der Waals surface area contributed by atoms with Crippen molar-refractivity contribution in [2.24, 2.45) is 0 Å². The number of carbonyl (C=O) groups is 1. The molecule has 2 N–H and O–H groups in total. The average Bonchev–Trinajstić information content (AvgIpc) is 2.96. The SMILES string of the molecule is Cc1cc(C)nc(Nc2nc(CC(=O)Nc3ccc(Br)cc3C)cs2)n1. The molecule has 0 aliphatic heterocycles. The van der Waals surface area contributed by atoms with E-state index in [1.807, 2.05) is 50.4 Å². The molecule has 0 atom stereocenters. The van der Waals surface area contributed by atoms with Gasteiger partial charge in [0.2, 0.25) is 11.9 Å². The fraction of sp³-hybridized carbons (Fsp3) is 0.222. The molecule has 1 amide bonds. The number of thiazole rings is 1. The first kappa shape index (κ1) is 18.5. The van der Waals surface area contributed by atoms with Gasteiger partial charge in [0.05, 0.1) is 12.1 Å². The largest absolute Gasteiger partial charge is 0.326 e. The van der Waals surface area contributed by atoms with E-state index in [-0.39, 0.29) is 12.3 Å². The number of hydrogen-bond donors (Lipinski definition) is 2. The predicted octanol–water partition coefficient (Wildman–Crippen LogP) is 4.55. The van der Waals surface area contributed by atoms with Crippen LogP contribution in [0.4, 0.5) is 16.8 Å². The maximum Gasteiger partial charge on any atom is 0.230 e. The Bertz CT molecular complexity index is 936. The molecule has 0 radical (unpaired) electrons. The van der Waals surface area contributed by atoms with Gasteiger partial charge in [0.15, 0.2) is 5.13 Å². The number of hydrogen-bond acceptors (Lipinski definition) is 6.